The highest BCUT2D eigenvalue weighted by molar-refractivity contribution is 8.13. The molecule has 148 valence electrons. The molecule has 28 heavy (non-hydrogen) atoms. The van der Waals surface area contributed by atoms with E-state index < -0.39 is 28.8 Å². The first-order valence-electron chi connectivity index (χ1n) is 8.55. The lowest BCUT2D eigenvalue weighted by Gasteiger charge is -2.44. The molecular weight excluding hydrogens is 408 g/mol. The largest absolute Gasteiger partial charge is 0.379 e. The molecule has 1 fully saturated rings. The van der Waals surface area contributed by atoms with Crippen LogP contribution in [0.3, 0.4) is 0 Å². The maximum Gasteiger partial charge on any atom is 0.278 e. The minimum absolute atomic E-state index is 0.125. The topological polar surface area (TPSA) is 102 Å². The molecule has 3 atom stereocenters. The van der Waals surface area contributed by atoms with Crippen molar-refractivity contribution in [3.8, 4) is 0 Å². The molecule has 11 heteroatoms. The number of halogens is 2. The van der Waals surface area contributed by atoms with Gasteiger partial charge in [-0.25, -0.2) is 23.7 Å². The number of hydrogen-bond donors (Lipinski definition) is 2. The van der Waals surface area contributed by atoms with E-state index >= 15 is 0 Å². The van der Waals surface area contributed by atoms with Gasteiger partial charge in [0.05, 0.1) is 18.9 Å². The van der Waals surface area contributed by atoms with Gasteiger partial charge in [0, 0.05) is 23.1 Å². The van der Waals surface area contributed by atoms with Crippen molar-refractivity contribution in [1.82, 2.24) is 9.97 Å². The van der Waals surface area contributed by atoms with Gasteiger partial charge in [-0.3, -0.25) is 4.79 Å². The first-order valence-corrected chi connectivity index (χ1v) is 10.4. The number of amides is 1. The second-order valence-corrected chi connectivity index (χ2v) is 8.61. The summed E-state index contributed by atoms with van der Waals surface area (Å²) in [6, 6.07) is 0.607. The second-order valence-electron chi connectivity index (χ2n) is 6.72. The van der Waals surface area contributed by atoms with Gasteiger partial charge in [0.2, 0.25) is 0 Å². The van der Waals surface area contributed by atoms with Crippen LogP contribution in [0, 0.1) is 17.6 Å². The maximum atomic E-state index is 13.8. The highest BCUT2D eigenvalue weighted by Crippen LogP contribution is 2.47. The Labute approximate surface area is 167 Å². The molecule has 2 aliphatic heterocycles. The molecule has 3 N–H and O–H groups in total. The van der Waals surface area contributed by atoms with Gasteiger partial charge in [-0.1, -0.05) is 11.8 Å². The number of ether oxygens (including phenoxy) is 1. The monoisotopic (exact) mass is 425 g/mol. The Morgan fingerprint density at radius 2 is 2.29 bits per heavy atom. The average molecular weight is 425 g/mol. The van der Waals surface area contributed by atoms with Crippen LogP contribution >= 0.6 is 23.1 Å². The fourth-order valence-electron chi connectivity index (χ4n) is 3.37. The van der Waals surface area contributed by atoms with Gasteiger partial charge >= 0.3 is 0 Å². The number of aromatic nitrogens is 2. The third-order valence-electron chi connectivity index (χ3n) is 4.76. The Kier molecular flexibility index (Phi) is 5.06. The summed E-state index contributed by atoms with van der Waals surface area (Å²) in [6.07, 6.45) is 1.74. The lowest BCUT2D eigenvalue weighted by atomic mass is 9.80. The van der Waals surface area contributed by atoms with Crippen molar-refractivity contribution in [3.63, 3.8) is 0 Å². The van der Waals surface area contributed by atoms with E-state index in [1.807, 2.05) is 6.92 Å². The minimum atomic E-state index is -1.04. The molecule has 2 aromatic heterocycles. The van der Waals surface area contributed by atoms with Gasteiger partial charge in [-0.2, -0.15) is 0 Å². The van der Waals surface area contributed by atoms with E-state index in [2.05, 4.69) is 20.3 Å². The Morgan fingerprint density at radius 3 is 3.07 bits per heavy atom. The van der Waals surface area contributed by atoms with Crippen LogP contribution in [0.2, 0.25) is 0 Å². The molecule has 0 aliphatic carbocycles. The van der Waals surface area contributed by atoms with E-state index in [1.165, 1.54) is 23.1 Å². The van der Waals surface area contributed by atoms with E-state index in [0.717, 1.165) is 18.4 Å². The number of pyridine rings is 1. The van der Waals surface area contributed by atoms with Gasteiger partial charge in [-0.05, 0) is 13.3 Å². The number of fused-ring (bicyclic) bond motifs is 1. The van der Waals surface area contributed by atoms with Crippen LogP contribution in [-0.4, -0.2) is 39.5 Å². The fraction of sp³-hybridized carbons (Fsp3) is 0.412. The molecule has 0 bridgehead atoms. The van der Waals surface area contributed by atoms with Crippen LogP contribution < -0.4 is 11.1 Å². The Balaban J connectivity index is 1.60. The van der Waals surface area contributed by atoms with Crippen LogP contribution in [0.1, 0.15) is 28.8 Å². The lowest BCUT2D eigenvalue weighted by molar-refractivity contribution is -0.0466. The highest BCUT2D eigenvalue weighted by Gasteiger charge is 2.49. The number of rotatable bonds is 3. The number of nitrogens with zero attached hydrogens (tertiary/aromatic N) is 3. The number of thioether (sulfide) groups is 1. The van der Waals surface area contributed by atoms with Gasteiger partial charge in [0.25, 0.3) is 5.91 Å². The average Bonchev–Trinajstić information content (AvgIpc) is 3.11. The van der Waals surface area contributed by atoms with Crippen LogP contribution in [0.5, 0.6) is 0 Å². The van der Waals surface area contributed by atoms with E-state index in [9.17, 15) is 13.6 Å². The number of hydrogen-bond acceptors (Lipinski definition) is 8. The number of nitrogens with one attached hydrogen (secondary N) is 1. The molecule has 2 aromatic rings. The number of anilines is 1. The predicted molar refractivity (Wildman–Crippen MR) is 103 cm³/mol. The normalized spacial score (nSPS) is 27.0. The zero-order chi connectivity index (χ0) is 19.9. The summed E-state index contributed by atoms with van der Waals surface area (Å²) in [5, 5.41) is 5.30. The highest BCUT2D eigenvalue weighted by atomic mass is 32.2. The van der Waals surface area contributed by atoms with Crippen molar-refractivity contribution < 1.29 is 18.3 Å². The zero-order valence-electron chi connectivity index (χ0n) is 14.8. The third kappa shape index (κ3) is 3.49. The second kappa shape index (κ2) is 7.37. The molecule has 4 rings (SSSR count). The fourth-order valence-corrected chi connectivity index (χ4v) is 5.34. The standard InChI is InChI=1S/C17H17F2N5O2S2/c1-8-2-9-5-28-16(20)24-17(9,7-26-8)15-23-12(6-27-15)22-14(25)13-11(19)3-10(18)4-21-13/h3-4,6,8-9H,2,5,7H2,1H3,(H2,20,24)(H,22,25). The van der Waals surface area contributed by atoms with Gasteiger partial charge in [-0.15, -0.1) is 11.3 Å². The van der Waals surface area contributed by atoms with E-state index in [0.29, 0.717) is 22.8 Å². The molecule has 0 saturated carbocycles. The molecule has 2 aliphatic rings. The Bertz CT molecular complexity index is 953. The summed E-state index contributed by atoms with van der Waals surface area (Å²) in [5.41, 5.74) is 4.79. The van der Waals surface area contributed by atoms with Crippen LogP contribution in [0.4, 0.5) is 14.6 Å². The van der Waals surface area contributed by atoms with E-state index in [1.54, 1.807) is 5.38 Å². The molecule has 1 amide bonds. The summed E-state index contributed by atoms with van der Waals surface area (Å²) in [5.74, 6) is -1.43. The lowest BCUT2D eigenvalue weighted by Crippen LogP contribution is -2.49. The number of amidine groups is 1. The third-order valence-corrected chi connectivity index (χ3v) is 6.73. The Hall–Kier alpha value is -2.11. The summed E-state index contributed by atoms with van der Waals surface area (Å²) < 4.78 is 32.6. The van der Waals surface area contributed by atoms with Gasteiger partial charge < -0.3 is 15.8 Å². The van der Waals surface area contributed by atoms with Crippen molar-refractivity contribution in [2.75, 3.05) is 17.7 Å². The number of carbonyl (C=O) groups excluding carboxylic acids is 1. The molecule has 0 radical (unpaired) electrons. The summed E-state index contributed by atoms with van der Waals surface area (Å²) in [7, 11) is 0. The van der Waals surface area contributed by atoms with Crippen molar-refractivity contribution in [2.45, 2.75) is 25.0 Å². The zero-order valence-corrected chi connectivity index (χ0v) is 16.4. The summed E-state index contributed by atoms with van der Waals surface area (Å²) >= 11 is 2.84. The summed E-state index contributed by atoms with van der Waals surface area (Å²) in [6.45, 7) is 2.38. The molecular formula is C17H17F2N5O2S2. The van der Waals surface area contributed by atoms with Crippen LogP contribution in [0.25, 0.3) is 0 Å². The van der Waals surface area contributed by atoms with E-state index in [-0.39, 0.29) is 17.8 Å². The van der Waals surface area contributed by atoms with Gasteiger partial charge in [0.15, 0.2) is 16.7 Å². The Morgan fingerprint density at radius 1 is 1.46 bits per heavy atom. The van der Waals surface area contributed by atoms with Crippen molar-refractivity contribution in [3.05, 3.63) is 40.0 Å². The number of thiazole rings is 1. The van der Waals surface area contributed by atoms with Gasteiger partial charge in [0.1, 0.15) is 22.2 Å². The molecule has 7 nitrogen and oxygen atoms in total. The van der Waals surface area contributed by atoms with E-state index in [4.69, 9.17) is 10.5 Å². The van der Waals surface area contributed by atoms with Crippen LogP contribution in [0.15, 0.2) is 22.6 Å². The molecule has 1 saturated heterocycles. The minimum Gasteiger partial charge on any atom is -0.379 e. The molecule has 0 spiro atoms. The van der Waals surface area contributed by atoms with Crippen molar-refractivity contribution >= 4 is 40.0 Å². The van der Waals surface area contributed by atoms with Crippen molar-refractivity contribution in [1.29, 1.82) is 0 Å². The molecule has 3 unspecified atom stereocenters. The SMILES string of the molecule is CC1CC2CSC(N)=NC2(c2nc(NC(=O)c3ncc(F)cc3F)cs2)CO1. The quantitative estimate of drug-likeness (QED) is 0.784. The molecule has 4 heterocycles. The predicted octanol–water partition coefficient (Wildman–Crippen LogP) is 2.75. The molecule has 0 aromatic carbocycles. The first-order chi connectivity index (χ1) is 13.4. The first kappa shape index (κ1) is 19.2. The van der Waals surface area contributed by atoms with Crippen molar-refractivity contribution in [2.24, 2.45) is 16.6 Å². The number of carbonyl (C=O) groups is 1. The van der Waals surface area contributed by atoms with Crippen LogP contribution in [-0.2, 0) is 10.3 Å². The summed E-state index contributed by atoms with van der Waals surface area (Å²) in [4.78, 5) is 24.9. The maximum absolute atomic E-state index is 13.8. The number of aliphatic imine (C=N–C) groups is 1. The number of nitrogens with two attached hydrogens (primary N) is 1. The smallest absolute Gasteiger partial charge is 0.278 e.